The summed E-state index contributed by atoms with van der Waals surface area (Å²) in [6.07, 6.45) is 3.85. The van der Waals surface area contributed by atoms with Crippen molar-refractivity contribution in [2.75, 3.05) is 14.2 Å². The number of likely N-dealkylation sites (N-methyl/N-ethyl adjacent to an activating group) is 1. The van der Waals surface area contributed by atoms with Gasteiger partial charge in [-0.1, -0.05) is 11.6 Å². The van der Waals surface area contributed by atoms with Crippen molar-refractivity contribution in [3.63, 3.8) is 0 Å². The third-order valence-corrected chi connectivity index (χ3v) is 5.40. The standard InChI is InChI=1S/C21H19B2ClF2N4O4/c1-10-8-27-14(19(31)29(3)33-4)7-15(10)30-11(2)5-16(17(24)20(30)32)34-21(22,23)18-13(26)6-12(25)9-28-18/h5-9,14,27H,1-4H3. The first-order valence-electron chi connectivity index (χ1n) is 9.85. The lowest BCUT2D eigenvalue weighted by molar-refractivity contribution is -0.169. The molecule has 1 unspecified atom stereocenters. The van der Waals surface area contributed by atoms with Gasteiger partial charge in [0.05, 0.1) is 24.4 Å². The van der Waals surface area contributed by atoms with E-state index in [1.54, 1.807) is 26.1 Å². The molecular formula is C21H19B2ClF2N4O4. The van der Waals surface area contributed by atoms with Gasteiger partial charge in [-0.05, 0) is 25.5 Å². The van der Waals surface area contributed by atoms with Gasteiger partial charge in [0.25, 0.3) is 11.5 Å². The molecule has 3 rings (SSSR count). The second-order valence-corrected chi connectivity index (χ2v) is 7.90. The first-order valence-corrected chi connectivity index (χ1v) is 10.2. The second-order valence-electron chi connectivity index (χ2n) is 7.53. The summed E-state index contributed by atoms with van der Waals surface area (Å²) in [4.78, 5) is 34.1. The zero-order valence-electron chi connectivity index (χ0n) is 18.7. The van der Waals surface area contributed by atoms with E-state index in [4.69, 9.17) is 36.9 Å². The Labute approximate surface area is 202 Å². The number of nitrogens with one attached hydrogen (secondary N) is 1. The van der Waals surface area contributed by atoms with E-state index in [1.807, 2.05) is 0 Å². The van der Waals surface area contributed by atoms with Crippen LogP contribution < -0.4 is 15.6 Å². The van der Waals surface area contributed by atoms with Gasteiger partial charge in [-0.3, -0.25) is 24.0 Å². The molecule has 1 N–H and O–H groups in total. The molecule has 1 aliphatic rings. The summed E-state index contributed by atoms with van der Waals surface area (Å²) in [6.45, 7) is 3.32. The number of carbonyl (C=O) groups excluding carboxylic acids is 1. The van der Waals surface area contributed by atoms with Crippen molar-refractivity contribution in [2.24, 2.45) is 0 Å². The number of nitrogens with zero attached hydrogens (tertiary/aromatic N) is 3. The number of allylic oxidation sites excluding steroid dienone is 2. The number of pyridine rings is 2. The van der Waals surface area contributed by atoms with E-state index in [2.05, 4.69) is 10.3 Å². The van der Waals surface area contributed by atoms with Crippen LogP contribution in [0, 0.1) is 18.6 Å². The number of aryl methyl sites for hydroxylation is 1. The third kappa shape index (κ3) is 4.88. The molecule has 0 bridgehead atoms. The number of hydroxylamine groups is 2. The molecule has 0 saturated carbocycles. The molecule has 1 amide bonds. The molecule has 0 saturated heterocycles. The van der Waals surface area contributed by atoms with E-state index in [1.165, 1.54) is 24.8 Å². The fourth-order valence-corrected chi connectivity index (χ4v) is 3.47. The number of carbonyl (C=O) groups is 1. The molecule has 0 aromatic carbocycles. The summed E-state index contributed by atoms with van der Waals surface area (Å²) >= 11 is 6.27. The number of halogens is 3. The Balaban J connectivity index is 2.03. The van der Waals surface area contributed by atoms with Gasteiger partial charge >= 0.3 is 0 Å². The molecule has 2 aromatic heterocycles. The van der Waals surface area contributed by atoms with Crippen molar-refractivity contribution in [1.29, 1.82) is 0 Å². The van der Waals surface area contributed by atoms with Gasteiger partial charge in [-0.2, -0.15) is 0 Å². The van der Waals surface area contributed by atoms with E-state index in [-0.39, 0.29) is 5.75 Å². The van der Waals surface area contributed by atoms with Crippen LogP contribution >= 0.6 is 11.6 Å². The zero-order chi connectivity index (χ0) is 25.4. The van der Waals surface area contributed by atoms with Crippen LogP contribution in [0.25, 0.3) is 5.70 Å². The normalized spacial score (nSPS) is 15.8. The Morgan fingerprint density at radius 2 is 2.00 bits per heavy atom. The first-order chi connectivity index (χ1) is 15.9. The summed E-state index contributed by atoms with van der Waals surface area (Å²) in [6, 6.07) is 1.11. The largest absolute Gasteiger partial charge is 0.499 e. The van der Waals surface area contributed by atoms with Crippen LogP contribution in [0.1, 0.15) is 18.3 Å². The average molecular weight is 486 g/mol. The van der Waals surface area contributed by atoms with E-state index in [9.17, 15) is 18.4 Å². The Morgan fingerprint density at radius 3 is 2.62 bits per heavy atom. The van der Waals surface area contributed by atoms with Gasteiger partial charge in [0, 0.05) is 31.1 Å². The maximum atomic E-state index is 14.1. The van der Waals surface area contributed by atoms with E-state index < -0.39 is 45.3 Å². The molecule has 0 aliphatic carbocycles. The smallest absolute Gasteiger partial charge is 0.277 e. The molecule has 8 nitrogen and oxygen atoms in total. The number of amides is 1. The van der Waals surface area contributed by atoms with E-state index in [0.717, 1.165) is 11.3 Å². The molecule has 174 valence electrons. The predicted molar refractivity (Wildman–Crippen MR) is 123 cm³/mol. The fourth-order valence-electron chi connectivity index (χ4n) is 3.29. The maximum Gasteiger partial charge on any atom is 0.277 e. The minimum Gasteiger partial charge on any atom is -0.499 e. The molecule has 1 atom stereocenters. The summed E-state index contributed by atoms with van der Waals surface area (Å²) in [5, 5.41) is 1.20. The van der Waals surface area contributed by atoms with Crippen LogP contribution in [0.5, 0.6) is 5.75 Å². The summed E-state index contributed by atoms with van der Waals surface area (Å²) in [5.41, 5.74) is 0.0987. The monoisotopic (exact) mass is 486 g/mol. The highest BCUT2D eigenvalue weighted by Crippen LogP contribution is 2.31. The predicted octanol–water partition coefficient (Wildman–Crippen LogP) is 1.75. The van der Waals surface area contributed by atoms with Crippen LogP contribution in [0.4, 0.5) is 8.78 Å². The van der Waals surface area contributed by atoms with Gasteiger partial charge in [-0.25, -0.2) is 13.8 Å². The van der Waals surface area contributed by atoms with Gasteiger partial charge in [0.2, 0.25) is 0 Å². The van der Waals surface area contributed by atoms with E-state index >= 15 is 0 Å². The Hall–Kier alpha value is -3.11. The quantitative estimate of drug-likeness (QED) is 0.495. The topological polar surface area (TPSA) is 85.7 Å². The van der Waals surface area contributed by atoms with Gasteiger partial charge in [-0.15, -0.1) is 0 Å². The molecule has 1 aliphatic heterocycles. The van der Waals surface area contributed by atoms with Crippen molar-refractivity contribution in [3.05, 3.63) is 74.6 Å². The number of hydrogen-bond acceptors (Lipinski definition) is 6. The highest BCUT2D eigenvalue weighted by Gasteiger charge is 2.30. The number of hydrogen-bond donors (Lipinski definition) is 1. The van der Waals surface area contributed by atoms with Crippen molar-refractivity contribution >= 4 is 38.9 Å². The van der Waals surface area contributed by atoms with Crippen LogP contribution in [0.15, 0.2) is 41.0 Å². The van der Waals surface area contributed by atoms with E-state index in [0.29, 0.717) is 23.0 Å². The molecule has 0 fully saturated rings. The van der Waals surface area contributed by atoms with Crippen molar-refractivity contribution in [2.45, 2.75) is 25.3 Å². The highest BCUT2D eigenvalue weighted by atomic mass is 35.5. The SMILES string of the molecule is [B]C([B])(Oc1cc(C)n(C2=CC(C(=O)N(C)OC)NC=C2C)c(=O)c1Cl)c1ncc(F)cc1F. The number of rotatable bonds is 6. The zero-order valence-corrected chi connectivity index (χ0v) is 19.5. The van der Waals surface area contributed by atoms with Crippen LogP contribution in [0.2, 0.25) is 5.02 Å². The molecule has 3 heterocycles. The van der Waals surface area contributed by atoms with Crippen molar-refractivity contribution in [1.82, 2.24) is 19.9 Å². The minimum atomic E-state index is -2.36. The van der Waals surface area contributed by atoms with Gasteiger partial charge in [0.15, 0.2) is 0 Å². The van der Waals surface area contributed by atoms with Gasteiger partial charge in [0.1, 0.15) is 49.8 Å². The third-order valence-electron chi connectivity index (χ3n) is 5.06. The Bertz CT molecular complexity index is 1270. The average Bonchev–Trinajstić information content (AvgIpc) is 2.77. The molecule has 13 heteroatoms. The van der Waals surface area contributed by atoms with Gasteiger partial charge < -0.3 is 10.1 Å². The molecule has 2 aromatic rings. The Kier molecular flexibility index (Phi) is 7.23. The molecule has 0 spiro atoms. The van der Waals surface area contributed by atoms with Crippen molar-refractivity contribution < 1.29 is 23.1 Å². The lowest BCUT2D eigenvalue weighted by Crippen LogP contribution is -2.43. The lowest BCUT2D eigenvalue weighted by Gasteiger charge is -2.29. The van der Waals surface area contributed by atoms with Crippen LogP contribution in [0.3, 0.4) is 0 Å². The summed E-state index contributed by atoms with van der Waals surface area (Å²) in [7, 11) is 14.5. The Morgan fingerprint density at radius 1 is 1.32 bits per heavy atom. The van der Waals surface area contributed by atoms with Crippen molar-refractivity contribution in [3.8, 4) is 5.75 Å². The molecular weight excluding hydrogens is 467 g/mol. The maximum absolute atomic E-state index is 14.1. The lowest BCUT2D eigenvalue weighted by atomic mass is 9.62. The molecule has 34 heavy (non-hydrogen) atoms. The molecule has 4 radical (unpaired) electrons. The number of ether oxygens (including phenoxy) is 1. The van der Waals surface area contributed by atoms with Crippen LogP contribution in [-0.4, -0.2) is 56.4 Å². The first kappa shape index (κ1) is 25.5. The summed E-state index contributed by atoms with van der Waals surface area (Å²) in [5.74, 6) is -2.70. The fraction of sp³-hybridized carbons (Fsp3) is 0.286. The second kappa shape index (κ2) is 9.63. The summed E-state index contributed by atoms with van der Waals surface area (Å²) < 4.78 is 34.0. The number of dihydropyridines is 1. The van der Waals surface area contributed by atoms with Crippen LogP contribution in [-0.2, 0) is 15.0 Å². The number of aromatic nitrogens is 2. The highest BCUT2D eigenvalue weighted by molar-refractivity contribution is 6.39. The minimum absolute atomic E-state index is 0.237.